The first-order valence-corrected chi connectivity index (χ1v) is 18.9. The monoisotopic (exact) mass is 634 g/mol. The Bertz CT molecular complexity index is 676. The summed E-state index contributed by atoms with van der Waals surface area (Å²) in [5.41, 5.74) is 6.45. The van der Waals surface area contributed by atoms with Crippen molar-refractivity contribution in [1.82, 2.24) is 0 Å². The second-order valence-corrected chi connectivity index (χ2v) is 10.1. The zero-order valence-electron chi connectivity index (χ0n) is 35.5. The molecule has 0 fully saturated rings. The van der Waals surface area contributed by atoms with Gasteiger partial charge in [0.15, 0.2) is 0 Å². The molecule has 0 amide bonds. The van der Waals surface area contributed by atoms with Crippen LogP contribution in [0.15, 0.2) is 77.4 Å². The fraction of sp³-hybridized carbons (Fsp3) is 0.705. The molecule has 0 radical (unpaired) electrons. The summed E-state index contributed by atoms with van der Waals surface area (Å²) in [7, 11) is 1.82. The SMILES string of the molecule is C=C(C)/C=C\C(=NC)/C(=C/C)CC.C=C/C=C(/C)C(=C)CC.CC.CC.CC.CC.CCC.CCCCC(C)(CCC)CCC. The van der Waals surface area contributed by atoms with Gasteiger partial charge in [0.05, 0.1) is 5.71 Å². The molecule has 0 aromatic carbocycles. The summed E-state index contributed by atoms with van der Waals surface area (Å²) in [4.78, 5) is 4.22. The van der Waals surface area contributed by atoms with Crippen LogP contribution in [0.25, 0.3) is 0 Å². The molecule has 0 saturated heterocycles. The molecule has 0 aliphatic rings. The average molecular weight is 634 g/mol. The molecule has 0 spiro atoms. The fourth-order valence-corrected chi connectivity index (χ4v) is 3.84. The minimum Gasteiger partial charge on any atom is -0.288 e. The second-order valence-electron chi connectivity index (χ2n) is 10.1. The maximum absolute atomic E-state index is 4.22. The number of nitrogens with zero attached hydrogens (tertiary/aromatic N) is 1. The van der Waals surface area contributed by atoms with E-state index < -0.39 is 0 Å². The van der Waals surface area contributed by atoms with Crippen LogP contribution in [0.3, 0.4) is 0 Å². The predicted octanol–water partition coefficient (Wildman–Crippen LogP) is 16.9. The van der Waals surface area contributed by atoms with E-state index in [1.807, 2.05) is 101 Å². The first-order chi connectivity index (χ1) is 21.5. The van der Waals surface area contributed by atoms with Crippen molar-refractivity contribution in [1.29, 1.82) is 0 Å². The third-order valence-corrected chi connectivity index (χ3v) is 6.02. The lowest BCUT2D eigenvalue weighted by Gasteiger charge is -2.28. The van der Waals surface area contributed by atoms with Crippen molar-refractivity contribution in [2.45, 2.75) is 196 Å². The maximum Gasteiger partial charge on any atom is 0.0599 e. The third kappa shape index (κ3) is 55.0. The van der Waals surface area contributed by atoms with Crippen molar-refractivity contribution >= 4 is 5.71 Å². The van der Waals surface area contributed by atoms with Gasteiger partial charge in [0.1, 0.15) is 0 Å². The second kappa shape index (κ2) is 57.7. The summed E-state index contributed by atoms with van der Waals surface area (Å²) in [5.74, 6) is 0. The highest BCUT2D eigenvalue weighted by Crippen LogP contribution is 2.34. The van der Waals surface area contributed by atoms with E-state index in [1.54, 1.807) is 6.08 Å². The smallest absolute Gasteiger partial charge is 0.0599 e. The largest absolute Gasteiger partial charge is 0.288 e. The zero-order chi connectivity index (χ0) is 37.7. The molecule has 0 unspecified atom stereocenters. The van der Waals surface area contributed by atoms with Gasteiger partial charge in [-0.1, -0.05) is 198 Å². The van der Waals surface area contributed by atoms with Crippen molar-refractivity contribution in [2.75, 3.05) is 7.05 Å². The van der Waals surface area contributed by atoms with E-state index in [2.05, 4.69) is 86.2 Å². The van der Waals surface area contributed by atoms with Gasteiger partial charge in [-0.2, -0.15) is 0 Å². The van der Waals surface area contributed by atoms with Crippen LogP contribution in [0.5, 0.6) is 0 Å². The normalized spacial score (nSPS) is 10.4. The van der Waals surface area contributed by atoms with Crippen molar-refractivity contribution in [3.8, 4) is 0 Å². The lowest BCUT2D eigenvalue weighted by Crippen LogP contribution is -2.15. The molecular formula is C44H91N. The maximum atomic E-state index is 4.22. The van der Waals surface area contributed by atoms with E-state index in [9.17, 15) is 0 Å². The van der Waals surface area contributed by atoms with E-state index in [-0.39, 0.29) is 0 Å². The molecule has 45 heavy (non-hydrogen) atoms. The van der Waals surface area contributed by atoms with Crippen LogP contribution in [0, 0.1) is 5.41 Å². The first-order valence-electron chi connectivity index (χ1n) is 18.9. The van der Waals surface area contributed by atoms with Crippen LogP contribution >= 0.6 is 0 Å². The predicted molar refractivity (Wildman–Crippen MR) is 224 cm³/mol. The van der Waals surface area contributed by atoms with Crippen molar-refractivity contribution in [3.05, 3.63) is 72.4 Å². The number of allylic oxidation sites excluding steroid dienone is 9. The Morgan fingerprint density at radius 3 is 1.36 bits per heavy atom. The van der Waals surface area contributed by atoms with E-state index in [1.165, 1.54) is 68.1 Å². The minimum atomic E-state index is 0.652. The minimum absolute atomic E-state index is 0.652. The van der Waals surface area contributed by atoms with Crippen LogP contribution in [0.2, 0.25) is 0 Å². The number of rotatable bonds is 14. The third-order valence-electron chi connectivity index (χ3n) is 6.02. The summed E-state index contributed by atoms with van der Waals surface area (Å²) in [5, 5.41) is 0. The van der Waals surface area contributed by atoms with Gasteiger partial charge in [-0.05, 0) is 75.5 Å². The zero-order valence-corrected chi connectivity index (χ0v) is 35.5. The molecule has 0 heterocycles. The number of unbranched alkanes of at least 4 members (excludes halogenated alkanes) is 1. The van der Waals surface area contributed by atoms with Gasteiger partial charge in [0.25, 0.3) is 0 Å². The highest BCUT2D eigenvalue weighted by atomic mass is 14.7. The van der Waals surface area contributed by atoms with Gasteiger partial charge in [-0.15, -0.1) is 0 Å². The average Bonchev–Trinajstić information content (AvgIpc) is 3.06. The van der Waals surface area contributed by atoms with Crippen molar-refractivity contribution in [2.24, 2.45) is 10.4 Å². The topological polar surface area (TPSA) is 12.4 Å². The Labute approximate surface area is 290 Å². The van der Waals surface area contributed by atoms with Crippen LogP contribution < -0.4 is 0 Å². The number of hydrogen-bond acceptors (Lipinski definition) is 1. The van der Waals surface area contributed by atoms with Crippen molar-refractivity contribution < 1.29 is 0 Å². The summed E-state index contributed by atoms with van der Waals surface area (Å²) < 4.78 is 0. The van der Waals surface area contributed by atoms with Gasteiger partial charge in [0, 0.05) is 7.05 Å². The van der Waals surface area contributed by atoms with Crippen LogP contribution in [-0.4, -0.2) is 12.8 Å². The fourth-order valence-electron chi connectivity index (χ4n) is 3.84. The summed E-state index contributed by atoms with van der Waals surface area (Å²) >= 11 is 0. The van der Waals surface area contributed by atoms with Gasteiger partial charge in [0.2, 0.25) is 0 Å². The lowest BCUT2D eigenvalue weighted by molar-refractivity contribution is 0.237. The highest BCUT2D eigenvalue weighted by Gasteiger charge is 2.20. The van der Waals surface area contributed by atoms with Crippen LogP contribution in [0.4, 0.5) is 0 Å². The van der Waals surface area contributed by atoms with Gasteiger partial charge < -0.3 is 0 Å². The Kier molecular flexibility index (Phi) is 79.6. The van der Waals surface area contributed by atoms with Crippen LogP contribution in [-0.2, 0) is 0 Å². The standard InChI is InChI=1S/C12H19N.C12H26.C9H14.C3H8.4C2H6/c1-6-11(7-2)12(13-5)9-8-10(3)4;1-5-8-11-12(4,9-6-2)10-7-3;1-5-7-9(4)8(3)6-2;1-3-2;4*1-2/h6,8-9H,3,7H2,1-2,4-5H3;5-11H2,1-4H3;5,7H,1,3,6H2,2,4H3;3H2,1-2H3;4*1-2H3/b9-8-,11-6+,13-12?;;9-7-;;;;;. The quantitative estimate of drug-likeness (QED) is 0.133. The molecule has 0 aromatic heterocycles. The van der Waals surface area contributed by atoms with Crippen LogP contribution in [0.1, 0.15) is 196 Å². The van der Waals surface area contributed by atoms with E-state index in [4.69, 9.17) is 0 Å². The molecule has 0 aromatic rings. The highest BCUT2D eigenvalue weighted by molar-refractivity contribution is 6.08. The Balaban J connectivity index is -0.0000000661. The molecule has 0 N–H and O–H groups in total. The number of aliphatic imine (C=N–C) groups is 1. The van der Waals surface area contributed by atoms with Crippen molar-refractivity contribution in [3.63, 3.8) is 0 Å². The molecule has 0 rings (SSSR count). The van der Waals surface area contributed by atoms with E-state index >= 15 is 0 Å². The Morgan fingerprint density at radius 2 is 1.11 bits per heavy atom. The summed E-state index contributed by atoms with van der Waals surface area (Å²) in [6.07, 6.45) is 22.9. The summed E-state index contributed by atoms with van der Waals surface area (Å²) in [6.45, 7) is 51.2. The molecule has 1 nitrogen and oxygen atoms in total. The van der Waals surface area contributed by atoms with E-state index in [0.29, 0.717) is 5.41 Å². The van der Waals surface area contributed by atoms with Gasteiger partial charge >= 0.3 is 0 Å². The molecule has 0 aliphatic carbocycles. The molecular weight excluding hydrogens is 542 g/mol. The number of hydrogen-bond donors (Lipinski definition) is 0. The Morgan fingerprint density at radius 1 is 0.689 bits per heavy atom. The van der Waals surface area contributed by atoms with Gasteiger partial charge in [-0.25, -0.2) is 0 Å². The van der Waals surface area contributed by atoms with E-state index in [0.717, 1.165) is 24.1 Å². The molecule has 0 saturated carbocycles. The van der Waals surface area contributed by atoms with Gasteiger partial charge in [-0.3, -0.25) is 4.99 Å². The Hall–Kier alpha value is -1.89. The molecule has 0 atom stereocenters. The molecule has 0 aliphatic heterocycles. The lowest BCUT2D eigenvalue weighted by atomic mass is 9.77. The first kappa shape index (κ1) is 62.0. The summed E-state index contributed by atoms with van der Waals surface area (Å²) in [6, 6.07) is 0. The molecule has 272 valence electrons. The molecule has 1 heteroatoms. The molecule has 0 bridgehead atoms.